The van der Waals surface area contributed by atoms with Crippen LogP contribution in [0.4, 0.5) is 0 Å². The van der Waals surface area contributed by atoms with Crippen LogP contribution in [0.25, 0.3) is 0 Å². The van der Waals surface area contributed by atoms with Crippen molar-refractivity contribution in [3.63, 3.8) is 0 Å². The van der Waals surface area contributed by atoms with Crippen molar-refractivity contribution < 1.29 is 5.11 Å². The van der Waals surface area contributed by atoms with Crippen LogP contribution in [-0.4, -0.2) is 16.4 Å². The molecule has 0 bridgehead atoms. The molecule has 0 saturated heterocycles. The van der Waals surface area contributed by atoms with Crippen molar-refractivity contribution in [1.82, 2.24) is 0 Å². The highest BCUT2D eigenvalue weighted by Crippen LogP contribution is 2.40. The quantitative estimate of drug-likeness (QED) is 0.727. The minimum Gasteiger partial charge on any atom is -0.508 e. The summed E-state index contributed by atoms with van der Waals surface area (Å²) in [6.45, 7) is 10.9. The minimum absolute atomic E-state index is 0.0993. The third kappa shape index (κ3) is 1.97. The topological polar surface area (TPSA) is 32.6 Å². The number of hydrogen-bond donors (Lipinski definition) is 1. The first-order valence-corrected chi connectivity index (χ1v) is 6.12. The fraction of sp³-hybridized carbons (Fsp3) is 0.533. The van der Waals surface area contributed by atoms with Crippen LogP contribution in [0.3, 0.4) is 0 Å². The number of benzene rings is 1. The molecule has 2 heteroatoms. The second-order valence-corrected chi connectivity index (χ2v) is 6.24. The van der Waals surface area contributed by atoms with E-state index in [1.54, 1.807) is 6.07 Å². The summed E-state index contributed by atoms with van der Waals surface area (Å²) in [6, 6.07) is 5.57. The zero-order valence-corrected chi connectivity index (χ0v) is 11.3. The van der Waals surface area contributed by atoms with Gasteiger partial charge in [-0.05, 0) is 55.0 Å². The van der Waals surface area contributed by atoms with Crippen LogP contribution < -0.4 is 0 Å². The first-order chi connectivity index (χ1) is 7.73. The van der Waals surface area contributed by atoms with Crippen LogP contribution in [-0.2, 0) is 6.42 Å². The number of rotatable bonds is 0. The maximum absolute atomic E-state index is 9.61. The molecule has 0 amide bonds. The first kappa shape index (κ1) is 12.2. The zero-order chi connectivity index (χ0) is 12.8. The number of nitrogens with zero attached hydrogens (tertiary/aromatic N) is 1. The first-order valence-electron chi connectivity index (χ1n) is 6.12. The van der Waals surface area contributed by atoms with Gasteiger partial charge in [0, 0.05) is 5.71 Å². The van der Waals surface area contributed by atoms with E-state index in [9.17, 15) is 5.11 Å². The minimum atomic E-state index is -0.0993. The fourth-order valence-electron chi connectivity index (χ4n) is 2.35. The number of phenolic OH excluding ortho intramolecular Hbond substituents is 1. The van der Waals surface area contributed by atoms with Crippen LogP contribution in [0, 0.1) is 5.41 Å². The molecular weight excluding hydrogens is 210 g/mol. The summed E-state index contributed by atoms with van der Waals surface area (Å²) in [6.07, 6.45) is 0.886. The van der Waals surface area contributed by atoms with Gasteiger partial charge in [0.05, 0.1) is 5.54 Å². The molecule has 2 rings (SSSR count). The van der Waals surface area contributed by atoms with Gasteiger partial charge in [-0.2, -0.15) is 0 Å². The number of fused-ring (bicyclic) bond motifs is 1. The molecule has 1 aromatic carbocycles. The van der Waals surface area contributed by atoms with Crippen LogP contribution in [0.1, 0.15) is 45.7 Å². The molecule has 17 heavy (non-hydrogen) atoms. The Hall–Kier alpha value is -1.31. The summed E-state index contributed by atoms with van der Waals surface area (Å²) in [7, 11) is 0. The van der Waals surface area contributed by atoms with E-state index < -0.39 is 0 Å². The smallest absolute Gasteiger partial charge is 0.115 e. The molecule has 1 heterocycles. The Morgan fingerprint density at radius 2 is 1.94 bits per heavy atom. The van der Waals surface area contributed by atoms with Gasteiger partial charge in [0.25, 0.3) is 0 Å². The van der Waals surface area contributed by atoms with Gasteiger partial charge in [-0.1, -0.05) is 20.8 Å². The van der Waals surface area contributed by atoms with Crippen molar-refractivity contribution in [2.24, 2.45) is 10.4 Å². The molecule has 0 radical (unpaired) electrons. The lowest BCUT2D eigenvalue weighted by atomic mass is 9.69. The molecule has 0 aliphatic carbocycles. The number of aliphatic imine (C=N–C) groups is 1. The molecular formula is C15H21NO. The molecule has 0 saturated carbocycles. The Balaban J connectivity index is 2.54. The van der Waals surface area contributed by atoms with E-state index in [-0.39, 0.29) is 11.0 Å². The molecule has 92 valence electrons. The Morgan fingerprint density at radius 1 is 1.29 bits per heavy atom. The van der Waals surface area contributed by atoms with Gasteiger partial charge in [0.15, 0.2) is 0 Å². The van der Waals surface area contributed by atoms with Gasteiger partial charge in [-0.3, -0.25) is 4.99 Å². The Labute approximate surface area is 103 Å². The molecule has 1 unspecified atom stereocenters. The van der Waals surface area contributed by atoms with Crippen LogP contribution in [0.15, 0.2) is 23.2 Å². The molecule has 1 aromatic rings. The highest BCUT2D eigenvalue weighted by molar-refractivity contribution is 6.01. The molecule has 1 aliphatic rings. The Kier molecular flexibility index (Phi) is 2.57. The molecule has 1 aliphatic heterocycles. The maximum atomic E-state index is 9.61. The fourth-order valence-corrected chi connectivity index (χ4v) is 2.35. The summed E-state index contributed by atoms with van der Waals surface area (Å²) >= 11 is 0. The average molecular weight is 231 g/mol. The Bertz CT molecular complexity index is 482. The predicted octanol–water partition coefficient (Wildman–Crippen LogP) is 3.56. The molecule has 0 aromatic heterocycles. The molecule has 0 spiro atoms. The van der Waals surface area contributed by atoms with Gasteiger partial charge in [-0.15, -0.1) is 0 Å². The van der Waals surface area contributed by atoms with Crippen molar-refractivity contribution in [1.29, 1.82) is 0 Å². The lowest BCUT2D eigenvalue weighted by Crippen LogP contribution is -2.43. The molecule has 2 nitrogen and oxygen atoms in total. The number of aromatic hydroxyl groups is 1. The second-order valence-electron chi connectivity index (χ2n) is 6.24. The monoisotopic (exact) mass is 231 g/mol. The van der Waals surface area contributed by atoms with Crippen molar-refractivity contribution in [3.05, 3.63) is 29.3 Å². The van der Waals surface area contributed by atoms with Crippen molar-refractivity contribution in [3.8, 4) is 5.75 Å². The molecule has 0 fully saturated rings. The largest absolute Gasteiger partial charge is 0.508 e. The van der Waals surface area contributed by atoms with Gasteiger partial charge in [0.1, 0.15) is 5.75 Å². The van der Waals surface area contributed by atoms with Gasteiger partial charge in [-0.25, -0.2) is 0 Å². The standard InChI is InChI=1S/C15H21NO/c1-10-13-7-6-12(17)8-11(13)9-15(5,16-10)14(2,3)4/h6-8,17H,9H2,1-5H3. The Morgan fingerprint density at radius 3 is 2.53 bits per heavy atom. The van der Waals surface area contributed by atoms with Gasteiger partial charge in [0.2, 0.25) is 0 Å². The number of hydrogen-bond acceptors (Lipinski definition) is 2. The third-order valence-corrected chi connectivity index (χ3v) is 4.04. The number of phenols is 1. The van der Waals surface area contributed by atoms with E-state index in [2.05, 4.69) is 34.6 Å². The highest BCUT2D eigenvalue weighted by atomic mass is 16.3. The summed E-state index contributed by atoms with van der Waals surface area (Å²) in [5.74, 6) is 0.342. The average Bonchev–Trinajstić information content (AvgIpc) is 2.14. The van der Waals surface area contributed by atoms with E-state index in [1.807, 2.05) is 12.1 Å². The van der Waals surface area contributed by atoms with E-state index >= 15 is 0 Å². The van der Waals surface area contributed by atoms with E-state index in [4.69, 9.17) is 4.99 Å². The summed E-state index contributed by atoms with van der Waals surface area (Å²) < 4.78 is 0. The molecule has 1 atom stereocenters. The predicted molar refractivity (Wildman–Crippen MR) is 71.9 cm³/mol. The third-order valence-electron chi connectivity index (χ3n) is 4.04. The van der Waals surface area contributed by atoms with E-state index in [0.717, 1.165) is 12.1 Å². The SMILES string of the molecule is CC1=NC(C)(C(C)(C)C)Cc2cc(O)ccc21. The highest BCUT2D eigenvalue weighted by Gasteiger charge is 2.40. The van der Waals surface area contributed by atoms with Gasteiger partial charge < -0.3 is 5.11 Å². The zero-order valence-electron chi connectivity index (χ0n) is 11.3. The maximum Gasteiger partial charge on any atom is 0.115 e. The van der Waals surface area contributed by atoms with E-state index in [0.29, 0.717) is 5.75 Å². The van der Waals surface area contributed by atoms with Crippen LogP contribution in [0.5, 0.6) is 5.75 Å². The summed E-state index contributed by atoms with van der Waals surface area (Å²) in [4.78, 5) is 4.89. The lowest BCUT2D eigenvalue weighted by Gasteiger charge is -2.42. The van der Waals surface area contributed by atoms with Crippen molar-refractivity contribution >= 4 is 5.71 Å². The van der Waals surface area contributed by atoms with Crippen LogP contribution in [0.2, 0.25) is 0 Å². The van der Waals surface area contributed by atoms with E-state index in [1.165, 1.54) is 11.1 Å². The van der Waals surface area contributed by atoms with Crippen molar-refractivity contribution in [2.75, 3.05) is 0 Å². The normalized spacial score (nSPS) is 24.2. The lowest BCUT2D eigenvalue weighted by molar-refractivity contribution is 0.207. The summed E-state index contributed by atoms with van der Waals surface area (Å²) in [5.41, 5.74) is 3.46. The second kappa shape index (κ2) is 3.59. The molecule has 1 N–H and O–H groups in total. The summed E-state index contributed by atoms with van der Waals surface area (Å²) in [5, 5.41) is 9.61. The van der Waals surface area contributed by atoms with Crippen molar-refractivity contribution in [2.45, 2.75) is 46.6 Å². The van der Waals surface area contributed by atoms with Gasteiger partial charge >= 0.3 is 0 Å². The van der Waals surface area contributed by atoms with Crippen LogP contribution >= 0.6 is 0 Å².